The summed E-state index contributed by atoms with van der Waals surface area (Å²) in [5.41, 5.74) is 2.01. The van der Waals surface area contributed by atoms with Gasteiger partial charge in [0.15, 0.2) is 0 Å². The molecule has 0 saturated heterocycles. The Balaban J connectivity index is 3.25. The SMILES string of the molecule is CCc1ccc(C#N)c(C#N)c1. The molecule has 0 spiro atoms. The molecule has 0 heterocycles. The molecule has 1 aromatic carbocycles. The van der Waals surface area contributed by atoms with Gasteiger partial charge in [-0.25, -0.2) is 0 Å². The summed E-state index contributed by atoms with van der Waals surface area (Å²) in [6.45, 7) is 2.02. The van der Waals surface area contributed by atoms with Crippen molar-refractivity contribution < 1.29 is 0 Å². The van der Waals surface area contributed by atoms with E-state index in [-0.39, 0.29) is 0 Å². The van der Waals surface area contributed by atoms with Gasteiger partial charge in [-0.1, -0.05) is 13.0 Å². The van der Waals surface area contributed by atoms with E-state index < -0.39 is 0 Å². The molecule has 2 heteroatoms. The number of benzene rings is 1. The fraction of sp³-hybridized carbons (Fsp3) is 0.200. The average molecular weight is 156 g/mol. The fourth-order valence-electron chi connectivity index (χ4n) is 1.00. The molecule has 1 aromatic rings. The van der Waals surface area contributed by atoms with Crippen LogP contribution >= 0.6 is 0 Å². The van der Waals surface area contributed by atoms with Gasteiger partial charge in [0.05, 0.1) is 11.1 Å². The molecule has 0 bridgehead atoms. The Bertz CT molecular complexity index is 366. The molecule has 0 fully saturated rings. The van der Waals surface area contributed by atoms with Gasteiger partial charge in [-0.3, -0.25) is 0 Å². The molecule has 0 aliphatic heterocycles. The van der Waals surface area contributed by atoms with Gasteiger partial charge in [-0.05, 0) is 24.1 Å². The molecule has 58 valence electrons. The minimum Gasteiger partial charge on any atom is -0.192 e. The van der Waals surface area contributed by atoms with Crippen LogP contribution < -0.4 is 0 Å². The van der Waals surface area contributed by atoms with Gasteiger partial charge in [0, 0.05) is 0 Å². The van der Waals surface area contributed by atoms with Crippen molar-refractivity contribution in [3.8, 4) is 12.1 Å². The maximum Gasteiger partial charge on any atom is 0.101 e. The molecule has 2 nitrogen and oxygen atoms in total. The van der Waals surface area contributed by atoms with Crippen LogP contribution in [0, 0.1) is 22.7 Å². The minimum atomic E-state index is 0.453. The Morgan fingerprint density at radius 2 is 1.83 bits per heavy atom. The number of nitrogens with zero attached hydrogens (tertiary/aromatic N) is 2. The van der Waals surface area contributed by atoms with Crippen LogP contribution in [0.25, 0.3) is 0 Å². The first-order chi connectivity index (χ1) is 5.81. The second kappa shape index (κ2) is 3.55. The summed E-state index contributed by atoms with van der Waals surface area (Å²) in [6.07, 6.45) is 0.889. The minimum absolute atomic E-state index is 0.453. The summed E-state index contributed by atoms with van der Waals surface area (Å²) >= 11 is 0. The highest BCUT2D eigenvalue weighted by Gasteiger charge is 2.00. The van der Waals surface area contributed by atoms with E-state index in [2.05, 4.69) is 0 Å². The van der Waals surface area contributed by atoms with Crippen LogP contribution in [0.4, 0.5) is 0 Å². The van der Waals surface area contributed by atoms with Crippen molar-refractivity contribution in [1.29, 1.82) is 10.5 Å². The van der Waals surface area contributed by atoms with Crippen LogP contribution in [0.3, 0.4) is 0 Å². The zero-order chi connectivity index (χ0) is 8.97. The number of aryl methyl sites for hydroxylation is 1. The lowest BCUT2D eigenvalue weighted by atomic mass is 10.0. The summed E-state index contributed by atoms with van der Waals surface area (Å²) in [5, 5.41) is 17.3. The summed E-state index contributed by atoms with van der Waals surface area (Å²) in [6, 6.07) is 9.30. The third-order valence-electron chi connectivity index (χ3n) is 1.73. The van der Waals surface area contributed by atoms with Crippen molar-refractivity contribution in [3.05, 3.63) is 34.9 Å². The van der Waals surface area contributed by atoms with E-state index in [0.717, 1.165) is 12.0 Å². The largest absolute Gasteiger partial charge is 0.192 e. The highest BCUT2D eigenvalue weighted by atomic mass is 14.3. The van der Waals surface area contributed by atoms with E-state index in [1.54, 1.807) is 12.1 Å². The quantitative estimate of drug-likeness (QED) is 0.624. The van der Waals surface area contributed by atoms with E-state index in [1.807, 2.05) is 25.1 Å². The van der Waals surface area contributed by atoms with Crippen molar-refractivity contribution >= 4 is 0 Å². The van der Waals surface area contributed by atoms with Crippen LogP contribution in [0.2, 0.25) is 0 Å². The van der Waals surface area contributed by atoms with Crippen molar-refractivity contribution in [3.63, 3.8) is 0 Å². The predicted molar refractivity (Wildman–Crippen MR) is 45.3 cm³/mol. The lowest BCUT2D eigenvalue weighted by molar-refractivity contribution is 1.13. The molecule has 0 amide bonds. The Kier molecular flexibility index (Phi) is 2.46. The van der Waals surface area contributed by atoms with Gasteiger partial charge in [-0.2, -0.15) is 10.5 Å². The zero-order valence-corrected chi connectivity index (χ0v) is 6.83. The van der Waals surface area contributed by atoms with Crippen molar-refractivity contribution in [2.45, 2.75) is 13.3 Å². The number of hydrogen-bond donors (Lipinski definition) is 0. The summed E-state index contributed by atoms with van der Waals surface area (Å²) < 4.78 is 0. The van der Waals surface area contributed by atoms with Crippen LogP contribution in [-0.2, 0) is 6.42 Å². The Labute approximate surface area is 71.7 Å². The van der Waals surface area contributed by atoms with E-state index >= 15 is 0 Å². The lowest BCUT2D eigenvalue weighted by Crippen LogP contribution is -1.86. The van der Waals surface area contributed by atoms with Crippen LogP contribution in [0.15, 0.2) is 18.2 Å². The first kappa shape index (κ1) is 8.30. The van der Waals surface area contributed by atoms with Gasteiger partial charge in [0.25, 0.3) is 0 Å². The fourth-order valence-corrected chi connectivity index (χ4v) is 1.00. The van der Waals surface area contributed by atoms with E-state index in [9.17, 15) is 0 Å². The van der Waals surface area contributed by atoms with Crippen molar-refractivity contribution in [2.75, 3.05) is 0 Å². The molecule has 0 radical (unpaired) electrons. The molecule has 0 N–H and O–H groups in total. The molecule has 0 aliphatic rings. The molecule has 0 aliphatic carbocycles. The van der Waals surface area contributed by atoms with Crippen LogP contribution in [-0.4, -0.2) is 0 Å². The molecule has 12 heavy (non-hydrogen) atoms. The van der Waals surface area contributed by atoms with Gasteiger partial charge in [0.1, 0.15) is 12.1 Å². The molecule has 1 rings (SSSR count). The van der Waals surface area contributed by atoms with Crippen molar-refractivity contribution in [2.24, 2.45) is 0 Å². The maximum atomic E-state index is 8.67. The first-order valence-electron chi connectivity index (χ1n) is 3.75. The summed E-state index contributed by atoms with van der Waals surface area (Å²) in [5.74, 6) is 0. The molecule has 0 unspecified atom stereocenters. The van der Waals surface area contributed by atoms with E-state index in [1.165, 1.54) is 0 Å². The topological polar surface area (TPSA) is 47.6 Å². The van der Waals surface area contributed by atoms with Gasteiger partial charge in [0.2, 0.25) is 0 Å². The van der Waals surface area contributed by atoms with Gasteiger partial charge < -0.3 is 0 Å². The smallest absolute Gasteiger partial charge is 0.101 e. The normalized spacial score (nSPS) is 8.58. The molecular weight excluding hydrogens is 148 g/mol. The Hall–Kier alpha value is -1.80. The third kappa shape index (κ3) is 1.44. The van der Waals surface area contributed by atoms with Crippen LogP contribution in [0.1, 0.15) is 23.6 Å². The monoisotopic (exact) mass is 156 g/mol. The first-order valence-corrected chi connectivity index (χ1v) is 3.75. The molecule has 0 aromatic heterocycles. The second-order valence-electron chi connectivity index (χ2n) is 2.46. The second-order valence-corrected chi connectivity index (χ2v) is 2.46. The average Bonchev–Trinajstić information content (AvgIpc) is 2.16. The number of rotatable bonds is 1. The van der Waals surface area contributed by atoms with Gasteiger partial charge >= 0.3 is 0 Å². The highest BCUT2D eigenvalue weighted by Crippen LogP contribution is 2.10. The zero-order valence-electron chi connectivity index (χ0n) is 6.83. The molecule has 0 atom stereocenters. The summed E-state index contributed by atoms with van der Waals surface area (Å²) in [7, 11) is 0. The molecule has 0 saturated carbocycles. The van der Waals surface area contributed by atoms with E-state index in [4.69, 9.17) is 10.5 Å². The number of nitriles is 2. The number of hydrogen-bond acceptors (Lipinski definition) is 2. The predicted octanol–water partition coefficient (Wildman–Crippen LogP) is 1.99. The van der Waals surface area contributed by atoms with Crippen molar-refractivity contribution in [1.82, 2.24) is 0 Å². The highest BCUT2D eigenvalue weighted by molar-refractivity contribution is 5.47. The lowest BCUT2D eigenvalue weighted by Gasteiger charge is -1.97. The molecular formula is C10H8N2. The van der Waals surface area contributed by atoms with Gasteiger partial charge in [-0.15, -0.1) is 0 Å². The third-order valence-corrected chi connectivity index (χ3v) is 1.73. The summed E-state index contributed by atoms with van der Waals surface area (Å²) in [4.78, 5) is 0. The van der Waals surface area contributed by atoms with E-state index in [0.29, 0.717) is 11.1 Å². The Morgan fingerprint density at radius 3 is 2.33 bits per heavy atom. The van der Waals surface area contributed by atoms with Crippen LogP contribution in [0.5, 0.6) is 0 Å². The Morgan fingerprint density at radius 1 is 1.17 bits per heavy atom. The maximum absolute atomic E-state index is 8.67. The standard InChI is InChI=1S/C10H8N2/c1-2-8-3-4-9(6-11)10(5-8)7-12/h3-5H,2H2,1H3.